The van der Waals surface area contributed by atoms with Gasteiger partial charge in [-0.3, -0.25) is 4.68 Å². The molecule has 2 rings (SSSR count). The fraction of sp³-hybridized carbons (Fsp3) is 0.727. The number of aromatic nitrogens is 2. The van der Waals surface area contributed by atoms with Crippen LogP contribution in [0, 0.1) is 0 Å². The monoisotopic (exact) mass is 257 g/mol. The van der Waals surface area contributed by atoms with Crippen LogP contribution >= 0.6 is 0 Å². The van der Waals surface area contributed by atoms with Crippen molar-refractivity contribution in [2.24, 2.45) is 5.73 Å². The zero-order chi connectivity index (χ0) is 12.5. The van der Waals surface area contributed by atoms with E-state index in [1.807, 2.05) is 6.20 Å². The van der Waals surface area contributed by atoms with Gasteiger partial charge in [0.1, 0.15) is 0 Å². The fourth-order valence-electron chi connectivity index (χ4n) is 2.11. The summed E-state index contributed by atoms with van der Waals surface area (Å²) in [5.41, 5.74) is 6.96. The molecule has 0 saturated carbocycles. The van der Waals surface area contributed by atoms with Crippen molar-refractivity contribution in [3.63, 3.8) is 0 Å². The van der Waals surface area contributed by atoms with Gasteiger partial charge in [0, 0.05) is 12.2 Å². The smallest absolute Gasteiger partial charge is 0.152 e. The van der Waals surface area contributed by atoms with E-state index in [1.165, 1.54) is 0 Å². The van der Waals surface area contributed by atoms with Gasteiger partial charge in [0.2, 0.25) is 0 Å². The number of rotatable bonds is 4. The highest BCUT2D eigenvalue weighted by Crippen LogP contribution is 2.23. The Hall–Kier alpha value is -0.880. The highest BCUT2D eigenvalue weighted by molar-refractivity contribution is 7.91. The summed E-state index contributed by atoms with van der Waals surface area (Å²) in [7, 11) is -2.85. The molecule has 1 fully saturated rings. The topological polar surface area (TPSA) is 78.0 Å². The van der Waals surface area contributed by atoms with Gasteiger partial charge in [-0.2, -0.15) is 5.10 Å². The SMILES string of the molecule is CCC(N)Cc1cnn(C2CCS(=O)(=O)C2)c1. The second-order valence-corrected chi connectivity index (χ2v) is 6.99. The normalized spacial score (nSPS) is 24.9. The van der Waals surface area contributed by atoms with Crippen molar-refractivity contribution in [2.75, 3.05) is 11.5 Å². The number of nitrogens with zero attached hydrogens (tertiary/aromatic N) is 2. The predicted molar refractivity (Wildman–Crippen MR) is 66.5 cm³/mol. The largest absolute Gasteiger partial charge is 0.327 e. The zero-order valence-corrected chi connectivity index (χ0v) is 10.9. The first-order chi connectivity index (χ1) is 8.00. The van der Waals surface area contributed by atoms with Gasteiger partial charge in [-0.15, -0.1) is 0 Å². The molecule has 1 saturated heterocycles. The Morgan fingerprint density at radius 3 is 3.00 bits per heavy atom. The maximum absolute atomic E-state index is 11.4. The van der Waals surface area contributed by atoms with Gasteiger partial charge in [-0.25, -0.2) is 8.42 Å². The highest BCUT2D eigenvalue weighted by Gasteiger charge is 2.29. The minimum absolute atomic E-state index is 0.00611. The molecule has 17 heavy (non-hydrogen) atoms. The van der Waals surface area contributed by atoms with Crippen molar-refractivity contribution in [3.8, 4) is 0 Å². The molecule has 2 heterocycles. The first kappa shape index (κ1) is 12.6. The molecular weight excluding hydrogens is 238 g/mol. The van der Waals surface area contributed by atoms with Crippen molar-refractivity contribution >= 4 is 9.84 Å². The summed E-state index contributed by atoms with van der Waals surface area (Å²) in [6.07, 6.45) is 6.13. The standard InChI is InChI=1S/C11H19N3O2S/c1-2-10(12)5-9-6-13-14(7-9)11-3-4-17(15,16)8-11/h6-7,10-11H,2-5,8,12H2,1H3. The van der Waals surface area contributed by atoms with E-state index in [9.17, 15) is 8.42 Å². The lowest BCUT2D eigenvalue weighted by Gasteiger charge is -2.08. The Bertz CT molecular complexity index is 481. The van der Waals surface area contributed by atoms with Crippen molar-refractivity contribution < 1.29 is 8.42 Å². The van der Waals surface area contributed by atoms with Crippen LogP contribution in [0.1, 0.15) is 31.4 Å². The van der Waals surface area contributed by atoms with Crippen LogP contribution in [-0.2, 0) is 16.3 Å². The summed E-state index contributed by atoms with van der Waals surface area (Å²) in [5, 5.41) is 4.25. The van der Waals surface area contributed by atoms with Crippen LogP contribution in [0.3, 0.4) is 0 Å². The van der Waals surface area contributed by atoms with E-state index in [4.69, 9.17) is 5.73 Å². The van der Waals surface area contributed by atoms with E-state index < -0.39 is 9.84 Å². The second-order valence-electron chi connectivity index (χ2n) is 4.76. The average molecular weight is 257 g/mol. The molecule has 96 valence electrons. The minimum atomic E-state index is -2.85. The van der Waals surface area contributed by atoms with Gasteiger partial charge in [0.05, 0.1) is 23.7 Å². The van der Waals surface area contributed by atoms with Crippen LogP contribution in [0.5, 0.6) is 0 Å². The number of nitrogens with two attached hydrogens (primary N) is 1. The third kappa shape index (κ3) is 3.07. The molecule has 0 radical (unpaired) electrons. The van der Waals surface area contributed by atoms with Crippen molar-refractivity contribution in [3.05, 3.63) is 18.0 Å². The van der Waals surface area contributed by atoms with Gasteiger partial charge in [-0.1, -0.05) is 6.92 Å². The molecule has 2 N–H and O–H groups in total. The molecule has 0 spiro atoms. The van der Waals surface area contributed by atoms with E-state index in [0.717, 1.165) is 18.4 Å². The molecule has 0 amide bonds. The quantitative estimate of drug-likeness (QED) is 0.853. The van der Waals surface area contributed by atoms with Crippen molar-refractivity contribution in [2.45, 2.75) is 38.3 Å². The van der Waals surface area contributed by atoms with E-state index in [-0.39, 0.29) is 23.6 Å². The molecule has 2 unspecified atom stereocenters. The average Bonchev–Trinajstić information content (AvgIpc) is 2.84. The summed E-state index contributed by atoms with van der Waals surface area (Å²) in [6.45, 7) is 2.05. The minimum Gasteiger partial charge on any atom is -0.327 e. The maximum atomic E-state index is 11.4. The molecule has 6 heteroatoms. The van der Waals surface area contributed by atoms with Gasteiger partial charge in [-0.05, 0) is 24.8 Å². The second kappa shape index (κ2) is 4.78. The van der Waals surface area contributed by atoms with E-state index in [0.29, 0.717) is 6.42 Å². The van der Waals surface area contributed by atoms with E-state index >= 15 is 0 Å². The molecule has 2 atom stereocenters. The van der Waals surface area contributed by atoms with Crippen LogP contribution in [-0.4, -0.2) is 35.7 Å². The van der Waals surface area contributed by atoms with Gasteiger partial charge in [0.25, 0.3) is 0 Å². The van der Waals surface area contributed by atoms with Crippen molar-refractivity contribution in [1.82, 2.24) is 9.78 Å². The molecular formula is C11H19N3O2S. The Morgan fingerprint density at radius 1 is 1.65 bits per heavy atom. The highest BCUT2D eigenvalue weighted by atomic mass is 32.2. The van der Waals surface area contributed by atoms with Gasteiger partial charge in [0.15, 0.2) is 9.84 Å². The lowest BCUT2D eigenvalue weighted by atomic mass is 10.1. The fourth-order valence-corrected chi connectivity index (χ4v) is 3.82. The summed E-state index contributed by atoms with van der Waals surface area (Å²) in [5.74, 6) is 0.495. The van der Waals surface area contributed by atoms with Crippen molar-refractivity contribution in [1.29, 1.82) is 0 Å². The first-order valence-corrected chi connectivity index (χ1v) is 7.81. The molecule has 0 bridgehead atoms. The van der Waals surface area contributed by atoms with Crippen LogP contribution in [0.25, 0.3) is 0 Å². The summed E-state index contributed by atoms with van der Waals surface area (Å²) < 4.78 is 24.5. The van der Waals surface area contributed by atoms with E-state index in [2.05, 4.69) is 12.0 Å². The number of hydrogen-bond donors (Lipinski definition) is 1. The number of hydrogen-bond acceptors (Lipinski definition) is 4. The Balaban J connectivity index is 2.04. The lowest BCUT2D eigenvalue weighted by molar-refractivity contribution is 0.499. The van der Waals surface area contributed by atoms with Gasteiger partial charge >= 0.3 is 0 Å². The van der Waals surface area contributed by atoms with E-state index in [1.54, 1.807) is 10.9 Å². The Morgan fingerprint density at radius 2 is 2.41 bits per heavy atom. The summed E-state index contributed by atoms with van der Waals surface area (Å²) in [4.78, 5) is 0. The maximum Gasteiger partial charge on any atom is 0.152 e. The molecule has 1 aromatic heterocycles. The molecule has 0 aromatic carbocycles. The van der Waals surface area contributed by atoms with Crippen LogP contribution in [0.2, 0.25) is 0 Å². The third-order valence-corrected chi connectivity index (χ3v) is 5.01. The van der Waals surface area contributed by atoms with Crippen LogP contribution in [0.15, 0.2) is 12.4 Å². The summed E-state index contributed by atoms with van der Waals surface area (Å²) in [6, 6.07) is 0.159. The summed E-state index contributed by atoms with van der Waals surface area (Å²) >= 11 is 0. The molecule has 1 aliphatic heterocycles. The Kier molecular flexibility index (Phi) is 3.53. The molecule has 5 nitrogen and oxygen atoms in total. The number of sulfone groups is 1. The molecule has 0 aliphatic carbocycles. The molecule has 1 aromatic rings. The van der Waals surface area contributed by atoms with Crippen LogP contribution < -0.4 is 5.73 Å². The Labute approximate surface area is 102 Å². The van der Waals surface area contributed by atoms with Gasteiger partial charge < -0.3 is 5.73 Å². The zero-order valence-electron chi connectivity index (χ0n) is 10.0. The first-order valence-electron chi connectivity index (χ1n) is 5.99. The molecule has 1 aliphatic rings. The van der Waals surface area contributed by atoms with Crippen LogP contribution in [0.4, 0.5) is 0 Å². The lowest BCUT2D eigenvalue weighted by Crippen LogP contribution is -2.21. The third-order valence-electron chi connectivity index (χ3n) is 3.26. The predicted octanol–water partition coefficient (Wildman–Crippen LogP) is 0.522.